The first-order valence-electron chi connectivity index (χ1n) is 10.4. The predicted octanol–water partition coefficient (Wildman–Crippen LogP) is 3.54. The summed E-state index contributed by atoms with van der Waals surface area (Å²) in [5.41, 5.74) is 0.874. The van der Waals surface area contributed by atoms with Crippen LogP contribution < -0.4 is 15.5 Å². The van der Waals surface area contributed by atoms with Gasteiger partial charge >= 0.3 is 0 Å². The maximum Gasteiger partial charge on any atom is 0.245 e. The predicted molar refractivity (Wildman–Crippen MR) is 125 cm³/mol. The SMILES string of the molecule is C[C@@H](Nc1nc(N2CCN(C(=O)C3CCC(=O)N3)CC2)ncc1Cl)c1ccc(Cl)cc1Cl. The van der Waals surface area contributed by atoms with Gasteiger partial charge in [0.05, 0.1) is 12.2 Å². The number of aromatic nitrogens is 2. The lowest BCUT2D eigenvalue weighted by Gasteiger charge is -2.36. The molecule has 3 heterocycles. The fraction of sp³-hybridized carbons (Fsp3) is 0.429. The number of rotatable bonds is 5. The zero-order valence-electron chi connectivity index (χ0n) is 17.4. The van der Waals surface area contributed by atoms with Crippen molar-refractivity contribution in [2.45, 2.75) is 31.8 Å². The molecule has 0 radical (unpaired) electrons. The Morgan fingerprint density at radius 2 is 1.94 bits per heavy atom. The summed E-state index contributed by atoms with van der Waals surface area (Å²) >= 11 is 18.6. The van der Waals surface area contributed by atoms with E-state index >= 15 is 0 Å². The van der Waals surface area contributed by atoms with Crippen LogP contribution in [0.15, 0.2) is 24.4 Å². The highest BCUT2D eigenvalue weighted by Crippen LogP contribution is 2.30. The van der Waals surface area contributed by atoms with Crippen LogP contribution in [0.2, 0.25) is 15.1 Å². The minimum absolute atomic E-state index is 0.0245. The molecule has 1 aromatic carbocycles. The number of hydrogen-bond acceptors (Lipinski definition) is 6. The molecule has 170 valence electrons. The molecule has 2 aromatic rings. The van der Waals surface area contributed by atoms with Crippen LogP contribution in [-0.2, 0) is 9.59 Å². The van der Waals surface area contributed by atoms with E-state index in [9.17, 15) is 9.59 Å². The van der Waals surface area contributed by atoms with E-state index in [4.69, 9.17) is 34.8 Å². The normalized spacial score (nSPS) is 19.6. The van der Waals surface area contributed by atoms with E-state index < -0.39 is 6.04 Å². The van der Waals surface area contributed by atoms with E-state index in [0.29, 0.717) is 65.9 Å². The maximum atomic E-state index is 12.6. The summed E-state index contributed by atoms with van der Waals surface area (Å²) in [6.45, 7) is 4.21. The Bertz CT molecular complexity index is 1030. The highest BCUT2D eigenvalue weighted by molar-refractivity contribution is 6.35. The van der Waals surface area contributed by atoms with Gasteiger partial charge in [-0.15, -0.1) is 0 Å². The molecule has 1 unspecified atom stereocenters. The Labute approximate surface area is 201 Å². The molecule has 1 aromatic heterocycles. The van der Waals surface area contributed by atoms with Gasteiger partial charge in [-0.25, -0.2) is 4.98 Å². The quantitative estimate of drug-likeness (QED) is 0.657. The van der Waals surface area contributed by atoms with Crippen LogP contribution in [0, 0.1) is 0 Å². The smallest absolute Gasteiger partial charge is 0.245 e. The lowest BCUT2D eigenvalue weighted by molar-refractivity contribution is -0.134. The van der Waals surface area contributed by atoms with Crippen molar-refractivity contribution in [3.63, 3.8) is 0 Å². The maximum absolute atomic E-state index is 12.6. The summed E-state index contributed by atoms with van der Waals surface area (Å²) in [6, 6.07) is 4.78. The number of benzene rings is 1. The fourth-order valence-corrected chi connectivity index (χ4v) is 4.61. The molecule has 32 heavy (non-hydrogen) atoms. The summed E-state index contributed by atoms with van der Waals surface area (Å²) in [5.74, 6) is 0.948. The molecule has 11 heteroatoms. The highest BCUT2D eigenvalue weighted by Gasteiger charge is 2.32. The molecule has 2 fully saturated rings. The Hall–Kier alpha value is -2.29. The van der Waals surface area contributed by atoms with Gasteiger partial charge in [0.2, 0.25) is 17.8 Å². The van der Waals surface area contributed by atoms with E-state index in [1.54, 1.807) is 23.2 Å². The second kappa shape index (κ2) is 9.68. The van der Waals surface area contributed by atoms with Crippen LogP contribution in [0.1, 0.15) is 31.4 Å². The third-order valence-electron chi connectivity index (χ3n) is 5.68. The molecule has 0 aliphatic carbocycles. The van der Waals surface area contributed by atoms with Crippen molar-refractivity contribution in [2.75, 3.05) is 36.4 Å². The summed E-state index contributed by atoms with van der Waals surface area (Å²) in [4.78, 5) is 36.8. The number of hydrogen-bond donors (Lipinski definition) is 2. The molecular formula is C21H23Cl3N6O2. The molecule has 2 saturated heterocycles. The van der Waals surface area contributed by atoms with Crippen molar-refractivity contribution < 1.29 is 9.59 Å². The molecular weight excluding hydrogens is 475 g/mol. The fourth-order valence-electron chi connectivity index (χ4n) is 3.89. The molecule has 0 bridgehead atoms. The highest BCUT2D eigenvalue weighted by atomic mass is 35.5. The average molecular weight is 498 g/mol. The van der Waals surface area contributed by atoms with Crippen LogP contribution in [0.5, 0.6) is 0 Å². The van der Waals surface area contributed by atoms with Crippen molar-refractivity contribution >= 4 is 58.4 Å². The minimum atomic E-state index is -0.405. The first kappa shape index (κ1) is 22.9. The number of nitrogens with one attached hydrogen (secondary N) is 2. The lowest BCUT2D eigenvalue weighted by Crippen LogP contribution is -2.53. The Balaban J connectivity index is 1.40. The lowest BCUT2D eigenvalue weighted by atomic mass is 10.1. The molecule has 4 rings (SSSR count). The first-order chi connectivity index (χ1) is 15.3. The molecule has 8 nitrogen and oxygen atoms in total. The molecule has 2 aliphatic heterocycles. The Kier molecular flexibility index (Phi) is 6.93. The second-order valence-corrected chi connectivity index (χ2v) is 9.12. The topological polar surface area (TPSA) is 90.5 Å². The molecule has 2 atom stereocenters. The standard InChI is InChI=1S/C21H23Cl3N6O2/c1-12(14-3-2-13(22)10-15(14)23)26-19-16(24)11-25-21(28-19)30-8-6-29(7-9-30)20(32)17-4-5-18(31)27-17/h2-3,10-12,17H,4-9H2,1H3,(H,27,31)(H,25,26,28)/t12-,17?/m1/s1. The first-order valence-corrected chi connectivity index (χ1v) is 11.5. The molecule has 0 saturated carbocycles. The molecule has 2 N–H and O–H groups in total. The van der Waals surface area contributed by atoms with Crippen LogP contribution in [0.3, 0.4) is 0 Å². The van der Waals surface area contributed by atoms with Gasteiger partial charge in [-0.05, 0) is 31.0 Å². The second-order valence-electron chi connectivity index (χ2n) is 7.87. The van der Waals surface area contributed by atoms with Crippen molar-refractivity contribution in [3.8, 4) is 0 Å². The van der Waals surface area contributed by atoms with Gasteiger partial charge in [-0.1, -0.05) is 40.9 Å². The van der Waals surface area contributed by atoms with Gasteiger partial charge in [0.1, 0.15) is 11.1 Å². The molecule has 2 amide bonds. The van der Waals surface area contributed by atoms with Gasteiger partial charge in [0, 0.05) is 42.6 Å². The van der Waals surface area contributed by atoms with E-state index in [1.165, 1.54) is 0 Å². The van der Waals surface area contributed by atoms with Gasteiger partial charge in [-0.2, -0.15) is 4.98 Å². The van der Waals surface area contributed by atoms with Gasteiger partial charge in [0.25, 0.3) is 0 Å². The number of carbonyl (C=O) groups is 2. The number of nitrogens with zero attached hydrogens (tertiary/aromatic N) is 4. The summed E-state index contributed by atoms with van der Waals surface area (Å²) in [6.07, 6.45) is 2.53. The zero-order valence-corrected chi connectivity index (χ0v) is 19.7. The Morgan fingerprint density at radius 3 is 2.59 bits per heavy atom. The van der Waals surface area contributed by atoms with Crippen LogP contribution in [0.4, 0.5) is 11.8 Å². The van der Waals surface area contributed by atoms with E-state index in [0.717, 1.165) is 5.56 Å². The number of amides is 2. The number of carbonyl (C=O) groups excluding carboxylic acids is 2. The van der Waals surface area contributed by atoms with Crippen molar-refractivity contribution in [1.82, 2.24) is 20.2 Å². The number of piperazine rings is 1. The minimum Gasteiger partial charge on any atom is -0.362 e. The third kappa shape index (κ3) is 5.03. The molecule has 2 aliphatic rings. The number of anilines is 2. The zero-order chi connectivity index (χ0) is 22.8. The van der Waals surface area contributed by atoms with Gasteiger partial charge in [0.15, 0.2) is 5.82 Å². The van der Waals surface area contributed by atoms with Crippen molar-refractivity contribution in [2.24, 2.45) is 0 Å². The van der Waals surface area contributed by atoms with Crippen molar-refractivity contribution in [1.29, 1.82) is 0 Å². The van der Waals surface area contributed by atoms with Crippen LogP contribution in [0.25, 0.3) is 0 Å². The summed E-state index contributed by atoms with van der Waals surface area (Å²) in [5, 5.41) is 7.56. The van der Waals surface area contributed by atoms with E-state index in [-0.39, 0.29) is 17.9 Å². The average Bonchev–Trinajstić information content (AvgIpc) is 3.21. The van der Waals surface area contributed by atoms with E-state index in [1.807, 2.05) is 17.9 Å². The van der Waals surface area contributed by atoms with E-state index in [2.05, 4.69) is 20.6 Å². The summed E-state index contributed by atoms with van der Waals surface area (Å²) in [7, 11) is 0. The monoisotopic (exact) mass is 496 g/mol. The molecule has 0 spiro atoms. The van der Waals surface area contributed by atoms with Gasteiger partial charge < -0.3 is 20.4 Å². The number of halogens is 3. The third-order valence-corrected chi connectivity index (χ3v) is 6.52. The largest absolute Gasteiger partial charge is 0.362 e. The summed E-state index contributed by atoms with van der Waals surface area (Å²) < 4.78 is 0. The van der Waals surface area contributed by atoms with Gasteiger partial charge in [-0.3, -0.25) is 9.59 Å². The van der Waals surface area contributed by atoms with Crippen molar-refractivity contribution in [3.05, 3.63) is 45.0 Å². The Morgan fingerprint density at radius 1 is 1.19 bits per heavy atom. The van der Waals surface area contributed by atoms with Crippen LogP contribution >= 0.6 is 34.8 Å². The van der Waals surface area contributed by atoms with Crippen LogP contribution in [-0.4, -0.2) is 58.9 Å².